The topological polar surface area (TPSA) is 47.3 Å². The third kappa shape index (κ3) is 3.16. The first-order chi connectivity index (χ1) is 10.2. The SMILES string of the molecule is COC1(C(O)Cc2ccn(C3CCCC3)n2)CCCCC1. The van der Waals surface area contributed by atoms with E-state index in [1.807, 2.05) is 0 Å². The Morgan fingerprint density at radius 1 is 1.29 bits per heavy atom. The summed E-state index contributed by atoms with van der Waals surface area (Å²) in [5.41, 5.74) is 0.645. The van der Waals surface area contributed by atoms with Crippen molar-refractivity contribution in [2.24, 2.45) is 0 Å². The van der Waals surface area contributed by atoms with Crippen LogP contribution in [0, 0.1) is 0 Å². The number of aliphatic hydroxyl groups is 1. The monoisotopic (exact) mass is 292 g/mol. The number of aliphatic hydroxyl groups excluding tert-OH is 1. The van der Waals surface area contributed by atoms with Crippen molar-refractivity contribution in [2.75, 3.05) is 7.11 Å². The summed E-state index contributed by atoms with van der Waals surface area (Å²) in [6.45, 7) is 0. The zero-order valence-corrected chi connectivity index (χ0v) is 13.1. The zero-order chi connectivity index (χ0) is 14.7. The van der Waals surface area contributed by atoms with E-state index in [-0.39, 0.29) is 5.60 Å². The summed E-state index contributed by atoms with van der Waals surface area (Å²) in [5, 5.41) is 15.4. The van der Waals surface area contributed by atoms with Crippen molar-refractivity contribution in [3.05, 3.63) is 18.0 Å². The molecule has 3 rings (SSSR count). The van der Waals surface area contributed by atoms with Gasteiger partial charge < -0.3 is 9.84 Å². The second-order valence-corrected chi connectivity index (χ2v) is 6.77. The van der Waals surface area contributed by atoms with Crippen molar-refractivity contribution in [2.45, 2.75) is 82.0 Å². The van der Waals surface area contributed by atoms with Crippen molar-refractivity contribution in [1.82, 2.24) is 9.78 Å². The molecule has 1 heterocycles. The van der Waals surface area contributed by atoms with Crippen LogP contribution in [0.5, 0.6) is 0 Å². The summed E-state index contributed by atoms with van der Waals surface area (Å²) in [6, 6.07) is 2.63. The highest BCUT2D eigenvalue weighted by Crippen LogP contribution is 2.35. The van der Waals surface area contributed by atoms with E-state index in [9.17, 15) is 5.11 Å². The predicted octanol–water partition coefficient (Wildman–Crippen LogP) is 3.25. The minimum absolute atomic E-state index is 0.352. The van der Waals surface area contributed by atoms with Crippen molar-refractivity contribution >= 4 is 0 Å². The van der Waals surface area contributed by atoms with Crippen LogP contribution in [0.2, 0.25) is 0 Å². The number of hydrogen-bond donors (Lipinski definition) is 1. The van der Waals surface area contributed by atoms with E-state index in [0.717, 1.165) is 31.4 Å². The Morgan fingerprint density at radius 2 is 2.00 bits per heavy atom. The van der Waals surface area contributed by atoms with Crippen LogP contribution in [0.25, 0.3) is 0 Å². The molecule has 21 heavy (non-hydrogen) atoms. The third-order valence-corrected chi connectivity index (χ3v) is 5.48. The summed E-state index contributed by atoms with van der Waals surface area (Å²) in [4.78, 5) is 0. The smallest absolute Gasteiger partial charge is 0.0940 e. The quantitative estimate of drug-likeness (QED) is 0.906. The Bertz CT molecular complexity index is 445. The van der Waals surface area contributed by atoms with Crippen LogP contribution < -0.4 is 0 Å². The van der Waals surface area contributed by atoms with E-state index in [1.54, 1.807) is 7.11 Å². The summed E-state index contributed by atoms with van der Waals surface area (Å²) in [5.74, 6) is 0. The first-order valence-corrected chi connectivity index (χ1v) is 8.51. The molecule has 0 amide bonds. The molecule has 1 N–H and O–H groups in total. The molecule has 0 aliphatic heterocycles. The lowest BCUT2D eigenvalue weighted by Gasteiger charge is -2.39. The van der Waals surface area contributed by atoms with Gasteiger partial charge in [-0.25, -0.2) is 0 Å². The Balaban J connectivity index is 1.64. The normalized spacial score (nSPS) is 24.3. The minimum Gasteiger partial charge on any atom is -0.390 e. The van der Waals surface area contributed by atoms with Crippen LogP contribution >= 0.6 is 0 Å². The molecule has 4 nitrogen and oxygen atoms in total. The fourth-order valence-corrected chi connectivity index (χ4v) is 4.07. The highest BCUT2D eigenvalue weighted by Gasteiger charge is 2.39. The van der Waals surface area contributed by atoms with Gasteiger partial charge in [0.1, 0.15) is 0 Å². The fraction of sp³-hybridized carbons (Fsp3) is 0.824. The van der Waals surface area contributed by atoms with Gasteiger partial charge in [-0.15, -0.1) is 0 Å². The van der Waals surface area contributed by atoms with Gasteiger partial charge in [-0.2, -0.15) is 5.10 Å². The number of ether oxygens (including phenoxy) is 1. The molecular formula is C17H28N2O2. The van der Waals surface area contributed by atoms with Crippen molar-refractivity contribution < 1.29 is 9.84 Å². The molecule has 1 aromatic heterocycles. The second kappa shape index (κ2) is 6.49. The van der Waals surface area contributed by atoms with Crippen molar-refractivity contribution in [3.63, 3.8) is 0 Å². The summed E-state index contributed by atoms with van der Waals surface area (Å²) >= 11 is 0. The molecule has 2 aliphatic rings. The Morgan fingerprint density at radius 3 is 2.67 bits per heavy atom. The van der Waals surface area contributed by atoms with E-state index in [0.29, 0.717) is 12.5 Å². The number of rotatable bonds is 5. The summed E-state index contributed by atoms with van der Waals surface area (Å²) < 4.78 is 7.84. The first kappa shape index (κ1) is 15.0. The van der Waals surface area contributed by atoms with Gasteiger partial charge in [0.2, 0.25) is 0 Å². The highest BCUT2D eigenvalue weighted by molar-refractivity contribution is 5.05. The average molecular weight is 292 g/mol. The van der Waals surface area contributed by atoms with Crippen LogP contribution in [0.3, 0.4) is 0 Å². The largest absolute Gasteiger partial charge is 0.390 e. The fourth-order valence-electron chi connectivity index (χ4n) is 4.07. The molecule has 2 aliphatic carbocycles. The molecular weight excluding hydrogens is 264 g/mol. The van der Waals surface area contributed by atoms with Gasteiger partial charge in [-0.3, -0.25) is 4.68 Å². The molecule has 0 aromatic carbocycles. The molecule has 1 atom stereocenters. The standard InChI is InChI=1S/C17H28N2O2/c1-21-17(10-5-2-6-11-17)16(20)13-14-9-12-19(18-14)15-7-3-4-8-15/h9,12,15-16,20H,2-8,10-11,13H2,1H3. The zero-order valence-electron chi connectivity index (χ0n) is 13.1. The Hall–Kier alpha value is -0.870. The van der Waals surface area contributed by atoms with Gasteiger partial charge in [0.15, 0.2) is 0 Å². The predicted molar refractivity (Wildman–Crippen MR) is 82.3 cm³/mol. The van der Waals surface area contributed by atoms with Crippen LogP contribution in [-0.4, -0.2) is 33.7 Å². The molecule has 1 aromatic rings. The average Bonchev–Trinajstić information content (AvgIpc) is 3.18. The second-order valence-electron chi connectivity index (χ2n) is 6.77. The summed E-state index contributed by atoms with van der Waals surface area (Å²) in [7, 11) is 1.74. The van der Waals surface area contributed by atoms with E-state index in [2.05, 4.69) is 16.9 Å². The van der Waals surface area contributed by atoms with E-state index in [4.69, 9.17) is 9.84 Å². The van der Waals surface area contributed by atoms with Crippen LogP contribution in [0.4, 0.5) is 0 Å². The molecule has 2 saturated carbocycles. The third-order valence-electron chi connectivity index (χ3n) is 5.48. The molecule has 2 fully saturated rings. The molecule has 0 spiro atoms. The molecule has 0 bridgehead atoms. The summed E-state index contributed by atoms with van der Waals surface area (Å²) in [6.07, 6.45) is 12.8. The molecule has 4 heteroatoms. The van der Waals surface area contributed by atoms with Gasteiger partial charge >= 0.3 is 0 Å². The first-order valence-electron chi connectivity index (χ1n) is 8.51. The Kier molecular flexibility index (Phi) is 4.65. The molecule has 118 valence electrons. The number of methoxy groups -OCH3 is 1. The van der Waals surface area contributed by atoms with E-state index in [1.165, 1.54) is 32.1 Å². The number of aromatic nitrogens is 2. The van der Waals surface area contributed by atoms with Crippen LogP contribution in [0.15, 0.2) is 12.3 Å². The Labute approximate surface area is 127 Å². The molecule has 1 unspecified atom stereocenters. The maximum absolute atomic E-state index is 10.7. The highest BCUT2D eigenvalue weighted by atomic mass is 16.5. The number of hydrogen-bond acceptors (Lipinski definition) is 3. The van der Waals surface area contributed by atoms with Crippen LogP contribution in [0.1, 0.15) is 69.5 Å². The maximum Gasteiger partial charge on any atom is 0.0940 e. The van der Waals surface area contributed by atoms with Gasteiger partial charge in [0.25, 0.3) is 0 Å². The lowest BCUT2D eigenvalue weighted by Crippen LogP contribution is -2.47. The van der Waals surface area contributed by atoms with E-state index < -0.39 is 6.10 Å². The van der Waals surface area contributed by atoms with Gasteiger partial charge in [-0.1, -0.05) is 32.1 Å². The minimum atomic E-state index is -0.449. The van der Waals surface area contributed by atoms with Gasteiger partial charge in [-0.05, 0) is 31.7 Å². The van der Waals surface area contributed by atoms with Crippen molar-refractivity contribution in [3.8, 4) is 0 Å². The van der Waals surface area contributed by atoms with Crippen LogP contribution in [-0.2, 0) is 11.2 Å². The lowest BCUT2D eigenvalue weighted by atomic mass is 9.79. The maximum atomic E-state index is 10.7. The molecule has 0 saturated heterocycles. The van der Waals surface area contributed by atoms with Crippen molar-refractivity contribution in [1.29, 1.82) is 0 Å². The van der Waals surface area contributed by atoms with Gasteiger partial charge in [0.05, 0.1) is 23.4 Å². The van der Waals surface area contributed by atoms with Gasteiger partial charge in [0, 0.05) is 19.7 Å². The van der Waals surface area contributed by atoms with E-state index >= 15 is 0 Å². The molecule has 0 radical (unpaired) electrons. The number of nitrogens with zero attached hydrogens (tertiary/aromatic N) is 2. The lowest BCUT2D eigenvalue weighted by molar-refractivity contribution is -0.122.